The van der Waals surface area contributed by atoms with Crippen LogP contribution in [0.3, 0.4) is 0 Å². The quantitative estimate of drug-likeness (QED) is 0.585. The van der Waals surface area contributed by atoms with Gasteiger partial charge < -0.3 is 5.32 Å². The first kappa shape index (κ1) is 18.0. The number of amides is 1. The molecule has 0 fully saturated rings. The van der Waals surface area contributed by atoms with Crippen LogP contribution in [0.2, 0.25) is 5.02 Å². The predicted octanol–water partition coefficient (Wildman–Crippen LogP) is 4.79. The van der Waals surface area contributed by atoms with E-state index in [-0.39, 0.29) is 5.91 Å². The number of hydrogen-bond acceptors (Lipinski definition) is 3. The zero-order valence-electron chi connectivity index (χ0n) is 13.4. The minimum atomic E-state index is -0.0409. The van der Waals surface area contributed by atoms with E-state index in [0.29, 0.717) is 10.8 Å². The van der Waals surface area contributed by atoms with Crippen molar-refractivity contribution in [1.29, 1.82) is 0 Å². The molecule has 7 heteroatoms. The molecule has 0 aliphatic carbocycles. The smallest absolute Gasteiger partial charge is 0.230 e. The molecule has 1 amide bonds. The zero-order chi connectivity index (χ0) is 17.8. The summed E-state index contributed by atoms with van der Waals surface area (Å²) in [6.45, 7) is 0. The normalized spacial score (nSPS) is 10.7. The molecule has 4 nitrogen and oxygen atoms in total. The lowest BCUT2D eigenvalue weighted by atomic mass is 10.1. The third kappa shape index (κ3) is 4.26. The molecule has 0 radical (unpaired) electrons. The van der Waals surface area contributed by atoms with Gasteiger partial charge in [-0.05, 0) is 36.4 Å². The SMILES string of the molecule is CNC(=O)CSc1ncc(-c2ccc(Br)cc2)n1-c1ccc(Cl)cc1. The van der Waals surface area contributed by atoms with Gasteiger partial charge in [0.1, 0.15) is 0 Å². The Morgan fingerprint density at radius 2 is 1.88 bits per heavy atom. The molecule has 0 unspecified atom stereocenters. The lowest BCUT2D eigenvalue weighted by Crippen LogP contribution is -2.20. The van der Waals surface area contributed by atoms with Crippen LogP contribution in [0.1, 0.15) is 0 Å². The van der Waals surface area contributed by atoms with Crippen molar-refractivity contribution < 1.29 is 4.79 Å². The average molecular weight is 437 g/mol. The molecule has 0 aliphatic heterocycles. The van der Waals surface area contributed by atoms with E-state index in [2.05, 4.69) is 26.2 Å². The molecule has 2 aromatic carbocycles. The molecule has 0 bridgehead atoms. The molecule has 0 aliphatic rings. The van der Waals surface area contributed by atoms with Crippen molar-refractivity contribution in [3.05, 3.63) is 64.2 Å². The summed E-state index contributed by atoms with van der Waals surface area (Å²) >= 11 is 10.9. The second-order valence-corrected chi connectivity index (χ2v) is 7.50. The summed E-state index contributed by atoms with van der Waals surface area (Å²) in [4.78, 5) is 16.1. The van der Waals surface area contributed by atoms with Crippen LogP contribution in [-0.2, 0) is 4.79 Å². The largest absolute Gasteiger partial charge is 0.358 e. The summed E-state index contributed by atoms with van der Waals surface area (Å²) in [5.41, 5.74) is 2.94. The highest BCUT2D eigenvalue weighted by atomic mass is 79.9. The molecule has 1 heterocycles. The van der Waals surface area contributed by atoms with Crippen LogP contribution in [-0.4, -0.2) is 28.3 Å². The topological polar surface area (TPSA) is 46.9 Å². The number of halogens is 2. The van der Waals surface area contributed by atoms with Gasteiger partial charge in [-0.1, -0.05) is 51.4 Å². The van der Waals surface area contributed by atoms with Gasteiger partial charge in [0.05, 0.1) is 17.6 Å². The molecule has 128 valence electrons. The van der Waals surface area contributed by atoms with Crippen LogP contribution in [0.5, 0.6) is 0 Å². The maximum atomic E-state index is 11.6. The summed E-state index contributed by atoms with van der Waals surface area (Å²) in [5, 5.41) is 4.06. The number of benzene rings is 2. The molecule has 0 atom stereocenters. The van der Waals surface area contributed by atoms with Crippen molar-refractivity contribution in [2.75, 3.05) is 12.8 Å². The average Bonchev–Trinajstić information content (AvgIpc) is 3.05. The van der Waals surface area contributed by atoms with Crippen LogP contribution in [0.25, 0.3) is 16.9 Å². The Morgan fingerprint density at radius 1 is 1.20 bits per heavy atom. The van der Waals surface area contributed by atoms with Crippen LogP contribution < -0.4 is 5.32 Å². The van der Waals surface area contributed by atoms with Crippen LogP contribution in [0.15, 0.2) is 64.4 Å². The maximum Gasteiger partial charge on any atom is 0.230 e. The summed E-state index contributed by atoms with van der Waals surface area (Å²) in [7, 11) is 1.63. The number of carbonyl (C=O) groups excluding carboxylic acids is 1. The monoisotopic (exact) mass is 435 g/mol. The van der Waals surface area contributed by atoms with E-state index in [1.54, 1.807) is 7.05 Å². The van der Waals surface area contributed by atoms with Crippen molar-refractivity contribution in [2.24, 2.45) is 0 Å². The highest BCUT2D eigenvalue weighted by Crippen LogP contribution is 2.31. The fourth-order valence-electron chi connectivity index (χ4n) is 2.30. The molecule has 1 aromatic heterocycles. The van der Waals surface area contributed by atoms with E-state index < -0.39 is 0 Å². The van der Waals surface area contributed by atoms with Gasteiger partial charge in [-0.15, -0.1) is 0 Å². The van der Waals surface area contributed by atoms with E-state index in [1.165, 1.54) is 11.8 Å². The lowest BCUT2D eigenvalue weighted by Gasteiger charge is -2.12. The number of nitrogens with one attached hydrogen (secondary N) is 1. The Bertz CT molecular complexity index is 878. The van der Waals surface area contributed by atoms with Gasteiger partial charge in [0.2, 0.25) is 5.91 Å². The summed E-state index contributed by atoms with van der Waals surface area (Å²) in [6.07, 6.45) is 1.82. The fourth-order valence-corrected chi connectivity index (χ4v) is 3.56. The summed E-state index contributed by atoms with van der Waals surface area (Å²) < 4.78 is 3.05. The molecule has 3 aromatic rings. The van der Waals surface area contributed by atoms with Gasteiger partial charge in [0, 0.05) is 27.8 Å². The van der Waals surface area contributed by atoms with Gasteiger partial charge >= 0.3 is 0 Å². The standard InChI is InChI=1S/C18H15BrClN3OS/c1-21-17(24)11-25-18-22-10-16(12-2-4-13(19)5-3-12)23(18)15-8-6-14(20)7-9-15/h2-10H,11H2,1H3,(H,21,24). The highest BCUT2D eigenvalue weighted by molar-refractivity contribution is 9.10. The number of thioether (sulfide) groups is 1. The third-order valence-corrected chi connectivity index (χ3v) is 5.30. The minimum absolute atomic E-state index is 0.0409. The minimum Gasteiger partial charge on any atom is -0.358 e. The maximum absolute atomic E-state index is 11.6. The van der Waals surface area contributed by atoms with E-state index in [4.69, 9.17) is 11.6 Å². The van der Waals surface area contributed by atoms with Crippen molar-refractivity contribution >= 4 is 45.2 Å². The molecule has 0 spiro atoms. The van der Waals surface area contributed by atoms with Crippen molar-refractivity contribution in [3.8, 4) is 16.9 Å². The number of aromatic nitrogens is 2. The second kappa shape index (κ2) is 8.08. The Balaban J connectivity index is 2.05. The van der Waals surface area contributed by atoms with Crippen LogP contribution >= 0.6 is 39.3 Å². The molecule has 1 N–H and O–H groups in total. The fraction of sp³-hybridized carbons (Fsp3) is 0.111. The Hall–Kier alpha value is -1.76. The van der Waals surface area contributed by atoms with E-state index in [9.17, 15) is 4.79 Å². The van der Waals surface area contributed by atoms with Crippen molar-refractivity contribution in [1.82, 2.24) is 14.9 Å². The van der Waals surface area contributed by atoms with Crippen molar-refractivity contribution in [3.63, 3.8) is 0 Å². The highest BCUT2D eigenvalue weighted by Gasteiger charge is 2.15. The summed E-state index contributed by atoms with van der Waals surface area (Å²) in [5.74, 6) is 0.266. The number of imidazole rings is 1. The molecule has 3 rings (SSSR count). The van der Waals surface area contributed by atoms with E-state index in [1.807, 2.05) is 59.3 Å². The molecular formula is C18H15BrClN3OS. The third-order valence-electron chi connectivity index (χ3n) is 3.57. The first-order valence-electron chi connectivity index (χ1n) is 7.51. The first-order chi connectivity index (χ1) is 12.1. The number of carbonyl (C=O) groups is 1. The van der Waals surface area contributed by atoms with Crippen LogP contribution in [0.4, 0.5) is 0 Å². The Morgan fingerprint density at radius 3 is 2.52 bits per heavy atom. The zero-order valence-corrected chi connectivity index (χ0v) is 16.5. The second-order valence-electron chi connectivity index (χ2n) is 5.21. The van der Waals surface area contributed by atoms with Crippen LogP contribution in [0, 0.1) is 0 Å². The molecule has 25 heavy (non-hydrogen) atoms. The molecule has 0 saturated heterocycles. The van der Waals surface area contributed by atoms with Gasteiger partial charge in [0.25, 0.3) is 0 Å². The molecular weight excluding hydrogens is 422 g/mol. The van der Waals surface area contributed by atoms with Gasteiger partial charge in [-0.25, -0.2) is 4.98 Å². The van der Waals surface area contributed by atoms with Crippen molar-refractivity contribution in [2.45, 2.75) is 5.16 Å². The number of rotatable bonds is 5. The van der Waals surface area contributed by atoms with E-state index in [0.717, 1.165) is 26.6 Å². The predicted molar refractivity (Wildman–Crippen MR) is 107 cm³/mol. The molecule has 0 saturated carbocycles. The summed E-state index contributed by atoms with van der Waals surface area (Å²) in [6, 6.07) is 15.6. The first-order valence-corrected chi connectivity index (χ1v) is 9.67. The lowest BCUT2D eigenvalue weighted by molar-refractivity contribution is -0.118. The Kier molecular flexibility index (Phi) is 5.83. The number of hydrogen-bond donors (Lipinski definition) is 1. The van der Waals surface area contributed by atoms with Gasteiger partial charge in [-0.2, -0.15) is 0 Å². The van der Waals surface area contributed by atoms with E-state index >= 15 is 0 Å². The Labute approximate surface area is 163 Å². The number of nitrogens with zero attached hydrogens (tertiary/aromatic N) is 2. The van der Waals surface area contributed by atoms with Gasteiger partial charge in [-0.3, -0.25) is 9.36 Å². The van der Waals surface area contributed by atoms with Gasteiger partial charge in [0.15, 0.2) is 5.16 Å².